The molecule has 1 aliphatic rings. The fourth-order valence-corrected chi connectivity index (χ4v) is 5.87. The molecule has 13 heteroatoms. The van der Waals surface area contributed by atoms with Crippen LogP contribution in [-0.2, 0) is 23.0 Å². The molecule has 0 atom stereocenters. The Morgan fingerprint density at radius 1 is 1.21 bits per heavy atom. The van der Waals surface area contributed by atoms with Gasteiger partial charge in [0.2, 0.25) is 10.0 Å². The van der Waals surface area contributed by atoms with Crippen molar-refractivity contribution < 1.29 is 21.6 Å². The fourth-order valence-electron chi connectivity index (χ4n) is 3.99. The number of hydrogen-bond donors (Lipinski definition) is 2. The fraction of sp³-hybridized carbons (Fsp3) is 0.429. The zero-order valence-corrected chi connectivity index (χ0v) is 20.4. The summed E-state index contributed by atoms with van der Waals surface area (Å²) in [4.78, 5) is 11.3. The number of aromatic nitrogens is 2. The highest BCUT2D eigenvalue weighted by Crippen LogP contribution is 2.33. The second-order valence-electron chi connectivity index (χ2n) is 8.34. The van der Waals surface area contributed by atoms with Crippen molar-refractivity contribution in [2.24, 2.45) is 11.1 Å². The lowest BCUT2D eigenvalue weighted by molar-refractivity contribution is -0.126. The number of likely N-dealkylation sites (tertiary alicyclic amines) is 1. The third-order valence-corrected chi connectivity index (χ3v) is 8.07. The van der Waals surface area contributed by atoms with Crippen molar-refractivity contribution in [2.75, 3.05) is 25.0 Å². The van der Waals surface area contributed by atoms with Crippen molar-refractivity contribution >= 4 is 49.0 Å². The third kappa shape index (κ3) is 6.36. The molecule has 0 spiro atoms. The van der Waals surface area contributed by atoms with Gasteiger partial charge in [-0.15, -0.1) is 11.3 Å². The molecular formula is C21H23ClF3N5O2S2. The number of nitrogens with two attached hydrogens (primary N) is 1. The van der Waals surface area contributed by atoms with Gasteiger partial charge < -0.3 is 5.32 Å². The van der Waals surface area contributed by atoms with Crippen molar-refractivity contribution in [3.05, 3.63) is 46.1 Å². The zero-order chi connectivity index (χ0) is 24.5. The summed E-state index contributed by atoms with van der Waals surface area (Å²) in [5.74, 6) is 0.939. The first-order chi connectivity index (χ1) is 16.0. The molecule has 3 N–H and O–H groups in total. The lowest BCUT2D eigenvalue weighted by atomic mass is 9.96. The maximum atomic E-state index is 12.7. The number of alkyl halides is 3. The number of halogens is 4. The number of nitrogens with zero attached hydrogens (tertiary/aromatic N) is 3. The quantitative estimate of drug-likeness (QED) is 0.466. The standard InChI is InChI=1S/C21H23ClF3N5O2S2/c22-18-8-16(34(26,31)32)2-1-14(18)11-30-5-3-13(4-6-30)10-27-19-17-7-15(9-21(23,24)25)33-20(17)29-12-28-19/h1-2,7-8,12-13H,3-6,9-11H2,(H2,26,31,32)(H,27,28,29). The first-order valence-electron chi connectivity index (χ1n) is 10.6. The van der Waals surface area contributed by atoms with Crippen LogP contribution in [0.2, 0.25) is 5.02 Å². The van der Waals surface area contributed by atoms with Crippen LogP contribution in [0.25, 0.3) is 10.2 Å². The average molecular weight is 534 g/mol. The summed E-state index contributed by atoms with van der Waals surface area (Å²) in [5, 5.41) is 9.42. The number of rotatable bonds is 7. The van der Waals surface area contributed by atoms with Crippen LogP contribution in [0.5, 0.6) is 0 Å². The van der Waals surface area contributed by atoms with E-state index in [4.69, 9.17) is 16.7 Å². The van der Waals surface area contributed by atoms with E-state index in [1.807, 2.05) is 0 Å². The maximum absolute atomic E-state index is 12.7. The number of hydrogen-bond acceptors (Lipinski definition) is 7. The lowest BCUT2D eigenvalue weighted by Gasteiger charge is -2.32. The molecular weight excluding hydrogens is 511 g/mol. The molecule has 7 nitrogen and oxygen atoms in total. The van der Waals surface area contributed by atoms with Crippen molar-refractivity contribution in [3.63, 3.8) is 0 Å². The van der Waals surface area contributed by atoms with Crippen molar-refractivity contribution in [1.29, 1.82) is 0 Å². The van der Waals surface area contributed by atoms with Crippen molar-refractivity contribution in [1.82, 2.24) is 14.9 Å². The number of benzene rings is 1. The largest absolute Gasteiger partial charge is 0.393 e. The van der Waals surface area contributed by atoms with Crippen LogP contribution in [0, 0.1) is 5.92 Å². The molecule has 1 aromatic carbocycles. The molecule has 1 fully saturated rings. The van der Waals surface area contributed by atoms with E-state index < -0.39 is 22.6 Å². The number of thiophene rings is 1. The van der Waals surface area contributed by atoms with Crippen LogP contribution in [0.1, 0.15) is 23.3 Å². The Hall–Kier alpha value is -1.99. The highest BCUT2D eigenvalue weighted by molar-refractivity contribution is 7.89. The zero-order valence-electron chi connectivity index (χ0n) is 18.0. The molecule has 2 aromatic heterocycles. The van der Waals surface area contributed by atoms with Crippen LogP contribution < -0.4 is 10.5 Å². The second kappa shape index (κ2) is 9.94. The molecule has 3 aromatic rings. The molecule has 184 valence electrons. The average Bonchev–Trinajstić information content (AvgIpc) is 3.15. The summed E-state index contributed by atoms with van der Waals surface area (Å²) >= 11 is 7.29. The van der Waals surface area contributed by atoms with E-state index in [0.717, 1.165) is 42.8 Å². The lowest BCUT2D eigenvalue weighted by Crippen LogP contribution is -2.35. The Morgan fingerprint density at radius 2 is 1.94 bits per heavy atom. The predicted molar refractivity (Wildman–Crippen MR) is 126 cm³/mol. The summed E-state index contributed by atoms with van der Waals surface area (Å²) in [7, 11) is -3.80. The smallest absolute Gasteiger partial charge is 0.369 e. The van der Waals surface area contributed by atoms with Gasteiger partial charge in [0.1, 0.15) is 17.0 Å². The summed E-state index contributed by atoms with van der Waals surface area (Å²) in [5.41, 5.74) is 0.834. The molecule has 0 amide bonds. The van der Waals surface area contributed by atoms with E-state index in [1.54, 1.807) is 6.07 Å². The van der Waals surface area contributed by atoms with Gasteiger partial charge in [-0.05, 0) is 55.6 Å². The van der Waals surface area contributed by atoms with Crippen LogP contribution in [0.3, 0.4) is 0 Å². The first-order valence-corrected chi connectivity index (χ1v) is 13.3. The van der Waals surface area contributed by atoms with E-state index in [2.05, 4.69) is 20.2 Å². The maximum Gasteiger partial charge on any atom is 0.393 e. The van der Waals surface area contributed by atoms with Crippen molar-refractivity contribution in [3.8, 4) is 0 Å². The highest BCUT2D eigenvalue weighted by Gasteiger charge is 2.29. The molecule has 1 saturated heterocycles. The Bertz CT molecular complexity index is 1280. The Morgan fingerprint density at radius 3 is 2.59 bits per heavy atom. The monoisotopic (exact) mass is 533 g/mol. The summed E-state index contributed by atoms with van der Waals surface area (Å²) in [6.45, 7) is 2.95. The van der Waals surface area contributed by atoms with Gasteiger partial charge in [0.05, 0.1) is 16.7 Å². The summed E-state index contributed by atoms with van der Waals surface area (Å²) in [6.07, 6.45) is -2.01. The van der Waals surface area contributed by atoms with Crippen LogP contribution in [0.4, 0.5) is 19.0 Å². The van der Waals surface area contributed by atoms with Gasteiger partial charge in [-0.1, -0.05) is 17.7 Å². The summed E-state index contributed by atoms with van der Waals surface area (Å²) in [6, 6.07) is 6.03. The van der Waals surface area contributed by atoms with E-state index in [-0.39, 0.29) is 9.77 Å². The molecule has 1 aliphatic heterocycles. The van der Waals surface area contributed by atoms with E-state index in [0.29, 0.717) is 40.1 Å². The van der Waals surface area contributed by atoms with Crippen LogP contribution in [-0.4, -0.2) is 49.1 Å². The molecule has 0 bridgehead atoms. The molecule has 34 heavy (non-hydrogen) atoms. The normalized spacial score (nSPS) is 16.3. The number of anilines is 1. The van der Waals surface area contributed by atoms with Crippen LogP contribution in [0.15, 0.2) is 35.5 Å². The van der Waals surface area contributed by atoms with Gasteiger partial charge in [-0.25, -0.2) is 23.5 Å². The number of primary sulfonamides is 1. The van der Waals surface area contributed by atoms with Gasteiger partial charge in [0, 0.05) is 23.0 Å². The summed E-state index contributed by atoms with van der Waals surface area (Å²) < 4.78 is 61.1. The molecule has 0 saturated carbocycles. The number of piperidine rings is 1. The van der Waals surface area contributed by atoms with E-state index in [1.165, 1.54) is 24.5 Å². The minimum atomic E-state index is -4.26. The topological polar surface area (TPSA) is 101 Å². The molecule has 3 heterocycles. The van der Waals surface area contributed by atoms with E-state index >= 15 is 0 Å². The Kier molecular flexibility index (Phi) is 7.34. The van der Waals surface area contributed by atoms with Crippen molar-refractivity contribution in [2.45, 2.75) is 36.9 Å². The molecule has 0 unspecified atom stereocenters. The van der Waals surface area contributed by atoms with Crippen LogP contribution >= 0.6 is 22.9 Å². The van der Waals surface area contributed by atoms with E-state index in [9.17, 15) is 21.6 Å². The predicted octanol–water partition coefficient (Wildman–Crippen LogP) is 4.42. The van der Waals surface area contributed by atoms with Gasteiger partial charge in [0.25, 0.3) is 0 Å². The minimum absolute atomic E-state index is 0.0130. The molecule has 0 radical (unpaired) electrons. The minimum Gasteiger partial charge on any atom is -0.369 e. The second-order valence-corrected chi connectivity index (χ2v) is 11.4. The van der Waals surface area contributed by atoms with Gasteiger partial charge >= 0.3 is 6.18 Å². The first kappa shape index (κ1) is 25.1. The highest BCUT2D eigenvalue weighted by atomic mass is 35.5. The molecule has 0 aliphatic carbocycles. The number of sulfonamides is 1. The van der Waals surface area contributed by atoms with Gasteiger partial charge in [-0.3, -0.25) is 4.90 Å². The Labute approximate surface area is 204 Å². The SMILES string of the molecule is NS(=O)(=O)c1ccc(CN2CCC(CNc3ncnc4sc(CC(F)(F)F)cc34)CC2)c(Cl)c1. The third-order valence-electron chi connectivity index (χ3n) is 5.77. The number of nitrogens with one attached hydrogen (secondary N) is 1. The number of fused-ring (bicyclic) bond motifs is 1. The van der Waals surface area contributed by atoms with Gasteiger partial charge in [0.15, 0.2) is 0 Å². The molecule has 4 rings (SSSR count). The van der Waals surface area contributed by atoms with Gasteiger partial charge in [-0.2, -0.15) is 13.2 Å². The Balaban J connectivity index is 1.31.